The number of ether oxygens (including phenoxy) is 1. The van der Waals surface area contributed by atoms with Gasteiger partial charge in [-0.3, -0.25) is 4.99 Å². The van der Waals surface area contributed by atoms with Crippen molar-refractivity contribution in [2.24, 2.45) is 4.99 Å². The van der Waals surface area contributed by atoms with Gasteiger partial charge in [-0.05, 0) is 54.0 Å². The molecule has 0 fully saturated rings. The number of para-hydroxylation sites is 1. The van der Waals surface area contributed by atoms with Crippen LogP contribution in [0.5, 0.6) is 5.75 Å². The third-order valence-corrected chi connectivity index (χ3v) is 5.69. The quantitative estimate of drug-likeness (QED) is 0.732. The Balaban J connectivity index is 1.75. The van der Waals surface area contributed by atoms with Crippen molar-refractivity contribution in [1.82, 2.24) is 0 Å². The summed E-state index contributed by atoms with van der Waals surface area (Å²) in [6, 6.07) is 16.6. The Morgan fingerprint density at radius 1 is 1.08 bits per heavy atom. The summed E-state index contributed by atoms with van der Waals surface area (Å²) in [5.41, 5.74) is 4.79. The maximum absolute atomic E-state index is 5.28. The standard InChI is InChI=1S/C21H19NOS/c1-23-17-12-10-15(11-13-17)19-14-21(16-6-2-3-7-16)24-20-9-5-4-8-18(20)22-19/h2,4-13,21H,3,14H2,1H3. The summed E-state index contributed by atoms with van der Waals surface area (Å²) in [6.07, 6.45) is 8.80. The van der Waals surface area contributed by atoms with Crippen LogP contribution in [-0.4, -0.2) is 18.1 Å². The molecule has 0 saturated heterocycles. The molecule has 1 aliphatic carbocycles. The topological polar surface area (TPSA) is 21.6 Å². The Morgan fingerprint density at radius 3 is 2.67 bits per heavy atom. The van der Waals surface area contributed by atoms with Gasteiger partial charge in [-0.15, -0.1) is 11.8 Å². The Kier molecular flexibility index (Phi) is 4.26. The maximum atomic E-state index is 5.28. The molecule has 1 unspecified atom stereocenters. The Bertz CT molecular complexity index is 833. The third kappa shape index (κ3) is 3.04. The summed E-state index contributed by atoms with van der Waals surface area (Å²) in [6.45, 7) is 0. The van der Waals surface area contributed by atoms with E-state index in [-0.39, 0.29) is 0 Å². The Morgan fingerprint density at radius 2 is 1.92 bits per heavy atom. The molecule has 1 atom stereocenters. The normalized spacial score (nSPS) is 19.3. The average Bonchev–Trinajstić information content (AvgIpc) is 3.09. The lowest BCUT2D eigenvalue weighted by molar-refractivity contribution is 0.415. The number of hydrogen-bond donors (Lipinski definition) is 0. The molecule has 0 amide bonds. The summed E-state index contributed by atoms with van der Waals surface area (Å²) in [7, 11) is 1.69. The van der Waals surface area contributed by atoms with Gasteiger partial charge in [0, 0.05) is 22.3 Å². The number of methoxy groups -OCH3 is 1. The molecule has 1 heterocycles. The smallest absolute Gasteiger partial charge is 0.118 e. The van der Waals surface area contributed by atoms with Gasteiger partial charge in [-0.1, -0.05) is 30.4 Å². The molecule has 2 aliphatic rings. The van der Waals surface area contributed by atoms with Gasteiger partial charge >= 0.3 is 0 Å². The predicted octanol–water partition coefficient (Wildman–Crippen LogP) is 5.57. The summed E-state index contributed by atoms with van der Waals surface area (Å²) >= 11 is 1.92. The molecule has 0 radical (unpaired) electrons. The Labute approximate surface area is 147 Å². The van der Waals surface area contributed by atoms with Crippen LogP contribution in [0.15, 0.2) is 82.2 Å². The van der Waals surface area contributed by atoms with Crippen molar-refractivity contribution < 1.29 is 4.74 Å². The van der Waals surface area contributed by atoms with Crippen LogP contribution in [-0.2, 0) is 0 Å². The van der Waals surface area contributed by atoms with E-state index >= 15 is 0 Å². The highest BCUT2D eigenvalue weighted by atomic mass is 32.2. The molecule has 0 N–H and O–H groups in total. The minimum atomic E-state index is 0.410. The molecule has 120 valence electrons. The van der Waals surface area contributed by atoms with Gasteiger partial charge in [0.2, 0.25) is 0 Å². The van der Waals surface area contributed by atoms with Crippen LogP contribution < -0.4 is 4.74 Å². The molecule has 2 aromatic carbocycles. The van der Waals surface area contributed by atoms with Gasteiger partial charge in [-0.25, -0.2) is 0 Å². The first-order chi connectivity index (χ1) is 11.8. The third-order valence-electron chi connectivity index (χ3n) is 4.36. The minimum Gasteiger partial charge on any atom is -0.497 e. The lowest BCUT2D eigenvalue weighted by atomic mass is 10.0. The highest BCUT2D eigenvalue weighted by Crippen LogP contribution is 2.41. The summed E-state index contributed by atoms with van der Waals surface area (Å²) in [4.78, 5) is 6.25. The minimum absolute atomic E-state index is 0.410. The van der Waals surface area contributed by atoms with E-state index in [1.807, 2.05) is 23.9 Å². The molecule has 0 saturated carbocycles. The van der Waals surface area contributed by atoms with Crippen molar-refractivity contribution in [1.29, 1.82) is 0 Å². The van der Waals surface area contributed by atoms with E-state index in [0.717, 1.165) is 30.0 Å². The lowest BCUT2D eigenvalue weighted by Crippen LogP contribution is -2.12. The molecule has 4 rings (SSSR count). The SMILES string of the molecule is COc1ccc(C2=Nc3ccccc3SC(C3=CCC=C3)C2)cc1. The van der Waals surface area contributed by atoms with Crippen LogP contribution in [0.4, 0.5) is 5.69 Å². The highest BCUT2D eigenvalue weighted by Gasteiger charge is 2.23. The van der Waals surface area contributed by atoms with Crippen molar-refractivity contribution in [2.75, 3.05) is 7.11 Å². The molecular formula is C21H19NOS. The van der Waals surface area contributed by atoms with Crippen LogP contribution in [0, 0.1) is 0 Å². The first-order valence-corrected chi connectivity index (χ1v) is 9.06. The van der Waals surface area contributed by atoms with Crippen LogP contribution >= 0.6 is 11.8 Å². The van der Waals surface area contributed by atoms with Crippen molar-refractivity contribution in [3.8, 4) is 5.75 Å². The van der Waals surface area contributed by atoms with E-state index in [4.69, 9.17) is 9.73 Å². The van der Waals surface area contributed by atoms with Gasteiger partial charge < -0.3 is 4.74 Å². The molecular weight excluding hydrogens is 314 g/mol. The van der Waals surface area contributed by atoms with E-state index in [1.54, 1.807) is 7.11 Å². The molecule has 2 nitrogen and oxygen atoms in total. The van der Waals surface area contributed by atoms with E-state index in [2.05, 4.69) is 54.6 Å². The van der Waals surface area contributed by atoms with Crippen molar-refractivity contribution in [3.63, 3.8) is 0 Å². The molecule has 24 heavy (non-hydrogen) atoms. The van der Waals surface area contributed by atoms with Crippen LogP contribution in [0.2, 0.25) is 0 Å². The van der Waals surface area contributed by atoms with Crippen molar-refractivity contribution >= 4 is 23.2 Å². The number of fused-ring (bicyclic) bond motifs is 1. The van der Waals surface area contributed by atoms with Crippen molar-refractivity contribution in [3.05, 3.63) is 77.9 Å². The molecule has 0 bridgehead atoms. The van der Waals surface area contributed by atoms with Crippen LogP contribution in [0.25, 0.3) is 0 Å². The average molecular weight is 333 g/mol. The first-order valence-electron chi connectivity index (χ1n) is 8.18. The van der Waals surface area contributed by atoms with E-state index in [9.17, 15) is 0 Å². The van der Waals surface area contributed by atoms with E-state index in [0.29, 0.717) is 5.25 Å². The zero-order valence-corrected chi connectivity index (χ0v) is 14.4. The number of aliphatic imine (C=N–C) groups is 1. The highest BCUT2D eigenvalue weighted by molar-refractivity contribution is 8.00. The fourth-order valence-electron chi connectivity index (χ4n) is 3.08. The van der Waals surface area contributed by atoms with Gasteiger partial charge in [-0.2, -0.15) is 0 Å². The monoisotopic (exact) mass is 333 g/mol. The number of hydrogen-bond acceptors (Lipinski definition) is 3. The number of thioether (sulfide) groups is 1. The largest absolute Gasteiger partial charge is 0.497 e. The fourth-order valence-corrected chi connectivity index (χ4v) is 4.33. The van der Waals surface area contributed by atoms with E-state index in [1.165, 1.54) is 16.0 Å². The van der Waals surface area contributed by atoms with Crippen LogP contribution in [0.1, 0.15) is 18.4 Å². The van der Waals surface area contributed by atoms with Gasteiger partial charge in [0.1, 0.15) is 5.75 Å². The molecule has 0 aromatic heterocycles. The number of nitrogens with zero attached hydrogens (tertiary/aromatic N) is 1. The summed E-state index contributed by atoms with van der Waals surface area (Å²) in [5.74, 6) is 0.876. The van der Waals surface area contributed by atoms with Gasteiger partial charge in [0.25, 0.3) is 0 Å². The summed E-state index contributed by atoms with van der Waals surface area (Å²) in [5, 5.41) is 0.410. The van der Waals surface area contributed by atoms with Gasteiger partial charge in [0.05, 0.1) is 12.8 Å². The second-order valence-corrected chi connectivity index (χ2v) is 7.15. The number of benzene rings is 2. The number of rotatable bonds is 3. The van der Waals surface area contributed by atoms with Crippen LogP contribution in [0.3, 0.4) is 0 Å². The lowest BCUT2D eigenvalue weighted by Gasteiger charge is -2.16. The fraction of sp³-hybridized carbons (Fsp3) is 0.190. The predicted molar refractivity (Wildman–Crippen MR) is 102 cm³/mol. The second kappa shape index (κ2) is 6.70. The molecule has 0 spiro atoms. The zero-order chi connectivity index (χ0) is 16.4. The van der Waals surface area contributed by atoms with Crippen molar-refractivity contribution in [2.45, 2.75) is 23.0 Å². The molecule has 2 aromatic rings. The Hall–Kier alpha value is -2.26. The molecule has 3 heteroatoms. The zero-order valence-electron chi connectivity index (χ0n) is 13.6. The first kappa shape index (κ1) is 15.3. The summed E-state index contributed by atoms with van der Waals surface area (Å²) < 4.78 is 5.28. The maximum Gasteiger partial charge on any atom is 0.118 e. The van der Waals surface area contributed by atoms with Gasteiger partial charge in [0.15, 0.2) is 0 Å². The van der Waals surface area contributed by atoms with E-state index < -0.39 is 0 Å². The molecule has 1 aliphatic heterocycles. The second-order valence-electron chi connectivity index (χ2n) is 5.91. The number of allylic oxidation sites excluding steroid dienone is 3.